The van der Waals surface area contributed by atoms with Gasteiger partial charge in [0, 0.05) is 12.3 Å². The molecular weight excluding hydrogens is 280 g/mol. The van der Waals surface area contributed by atoms with Gasteiger partial charge in [-0.3, -0.25) is 4.79 Å². The third-order valence-corrected chi connectivity index (χ3v) is 3.12. The number of ether oxygens (including phenoxy) is 1. The maximum atomic E-state index is 11.9. The van der Waals surface area contributed by atoms with Crippen LogP contribution in [-0.2, 0) is 0 Å². The number of para-hydroxylation sites is 3. The van der Waals surface area contributed by atoms with Gasteiger partial charge in [0.25, 0.3) is 5.56 Å². The number of rotatable bonds is 4. The summed E-state index contributed by atoms with van der Waals surface area (Å²) >= 11 is 0. The Labute approximate surface area is 126 Å². The van der Waals surface area contributed by atoms with Gasteiger partial charge in [-0.1, -0.05) is 24.3 Å². The van der Waals surface area contributed by atoms with E-state index in [0.29, 0.717) is 11.0 Å². The highest BCUT2D eigenvalue weighted by Gasteiger charge is 2.03. The Morgan fingerprint density at radius 3 is 2.77 bits per heavy atom. The smallest absolute Gasteiger partial charge is 0.284 e. The molecule has 1 N–H and O–H groups in total. The molecule has 1 heterocycles. The van der Waals surface area contributed by atoms with E-state index in [1.807, 2.05) is 30.3 Å². The standard InChI is InChI=1S/C17H14N2O3/c1-21-15-9-5-3-7-13(15)18-11-10-16-19-17(20)12-6-2-4-8-14(12)22-16/h2-11,18H,1H3. The summed E-state index contributed by atoms with van der Waals surface area (Å²) in [5.74, 6) is 0.964. The topological polar surface area (TPSA) is 64.4 Å². The molecule has 5 heteroatoms. The maximum absolute atomic E-state index is 11.9. The first-order valence-electron chi connectivity index (χ1n) is 6.74. The van der Waals surface area contributed by atoms with Crippen LogP contribution in [0.4, 0.5) is 5.69 Å². The normalized spacial score (nSPS) is 11.0. The summed E-state index contributed by atoms with van der Waals surface area (Å²) in [5.41, 5.74) is 1.02. The van der Waals surface area contributed by atoms with Crippen LogP contribution in [0.3, 0.4) is 0 Å². The molecule has 0 saturated carbocycles. The van der Waals surface area contributed by atoms with Gasteiger partial charge in [0.2, 0.25) is 5.89 Å². The number of anilines is 1. The number of nitrogens with one attached hydrogen (secondary N) is 1. The molecule has 2 aromatic carbocycles. The minimum absolute atomic E-state index is 0.242. The summed E-state index contributed by atoms with van der Waals surface area (Å²) in [6.07, 6.45) is 3.25. The maximum Gasteiger partial charge on any atom is 0.284 e. The third kappa shape index (κ3) is 2.83. The van der Waals surface area contributed by atoms with Gasteiger partial charge < -0.3 is 14.5 Å². The first kappa shape index (κ1) is 13.9. The zero-order chi connectivity index (χ0) is 15.4. The van der Waals surface area contributed by atoms with Gasteiger partial charge in [0.1, 0.15) is 11.3 Å². The minimum Gasteiger partial charge on any atom is -0.495 e. The van der Waals surface area contributed by atoms with Crippen molar-refractivity contribution >= 4 is 22.7 Å². The molecule has 0 bridgehead atoms. The number of hydrogen-bond acceptors (Lipinski definition) is 5. The van der Waals surface area contributed by atoms with Crippen molar-refractivity contribution in [3.8, 4) is 5.75 Å². The van der Waals surface area contributed by atoms with Crippen molar-refractivity contribution < 1.29 is 9.15 Å². The summed E-state index contributed by atoms with van der Waals surface area (Å²) in [6, 6.07) is 14.5. The van der Waals surface area contributed by atoms with Crippen LogP contribution in [0.1, 0.15) is 5.89 Å². The van der Waals surface area contributed by atoms with Crippen molar-refractivity contribution in [3.05, 3.63) is 71.0 Å². The summed E-state index contributed by atoms with van der Waals surface area (Å²) in [5, 5.41) is 3.54. The molecule has 0 radical (unpaired) electrons. The van der Waals surface area contributed by atoms with E-state index in [9.17, 15) is 4.79 Å². The molecule has 1 aromatic heterocycles. The molecule has 3 rings (SSSR count). The van der Waals surface area contributed by atoms with Gasteiger partial charge in [-0.05, 0) is 24.3 Å². The van der Waals surface area contributed by atoms with Crippen LogP contribution in [0.2, 0.25) is 0 Å². The van der Waals surface area contributed by atoms with Crippen LogP contribution in [-0.4, -0.2) is 12.1 Å². The van der Waals surface area contributed by atoms with Crippen molar-refractivity contribution in [1.82, 2.24) is 4.98 Å². The Hall–Kier alpha value is -3.08. The third-order valence-electron chi connectivity index (χ3n) is 3.12. The Morgan fingerprint density at radius 1 is 1.14 bits per heavy atom. The molecule has 0 atom stereocenters. The molecule has 5 nitrogen and oxygen atoms in total. The lowest BCUT2D eigenvalue weighted by Crippen LogP contribution is -2.07. The highest BCUT2D eigenvalue weighted by atomic mass is 16.5. The van der Waals surface area contributed by atoms with E-state index >= 15 is 0 Å². The van der Waals surface area contributed by atoms with E-state index in [1.165, 1.54) is 0 Å². The number of fused-ring (bicyclic) bond motifs is 1. The molecule has 0 spiro atoms. The fraction of sp³-hybridized carbons (Fsp3) is 0.0588. The van der Waals surface area contributed by atoms with Crippen LogP contribution in [0.15, 0.2) is 63.9 Å². The van der Waals surface area contributed by atoms with Crippen molar-refractivity contribution in [3.63, 3.8) is 0 Å². The SMILES string of the molecule is COc1ccccc1NC=Cc1nc(=O)c2ccccc2o1. The fourth-order valence-electron chi connectivity index (χ4n) is 2.07. The quantitative estimate of drug-likeness (QED) is 0.800. The summed E-state index contributed by atoms with van der Waals surface area (Å²) in [4.78, 5) is 15.8. The second-order valence-electron chi connectivity index (χ2n) is 4.53. The Kier molecular flexibility index (Phi) is 3.87. The van der Waals surface area contributed by atoms with Crippen molar-refractivity contribution in [2.75, 3.05) is 12.4 Å². The number of benzene rings is 2. The summed E-state index contributed by atoms with van der Waals surface area (Å²) in [6.45, 7) is 0. The number of methoxy groups -OCH3 is 1. The van der Waals surface area contributed by atoms with Gasteiger partial charge in [0.15, 0.2) is 0 Å². The lowest BCUT2D eigenvalue weighted by atomic mass is 10.2. The van der Waals surface area contributed by atoms with Gasteiger partial charge in [0.05, 0.1) is 18.2 Å². The molecular formula is C17H14N2O3. The van der Waals surface area contributed by atoms with Crippen LogP contribution in [0.25, 0.3) is 17.0 Å². The largest absolute Gasteiger partial charge is 0.495 e. The minimum atomic E-state index is -0.307. The van der Waals surface area contributed by atoms with Crippen LogP contribution >= 0.6 is 0 Å². The van der Waals surface area contributed by atoms with Crippen molar-refractivity contribution in [2.45, 2.75) is 0 Å². The number of aromatic nitrogens is 1. The predicted octanol–water partition coefficient (Wildman–Crippen LogP) is 3.28. The van der Waals surface area contributed by atoms with Crippen molar-refractivity contribution in [2.24, 2.45) is 0 Å². The molecule has 0 saturated heterocycles. The lowest BCUT2D eigenvalue weighted by molar-refractivity contribution is 0.417. The predicted molar refractivity (Wildman–Crippen MR) is 85.9 cm³/mol. The zero-order valence-electron chi connectivity index (χ0n) is 11.9. The zero-order valence-corrected chi connectivity index (χ0v) is 11.9. The second-order valence-corrected chi connectivity index (χ2v) is 4.53. The average Bonchev–Trinajstić information content (AvgIpc) is 2.55. The summed E-state index contributed by atoms with van der Waals surface area (Å²) < 4.78 is 10.8. The van der Waals surface area contributed by atoms with Gasteiger partial charge in [-0.15, -0.1) is 0 Å². The lowest BCUT2D eigenvalue weighted by Gasteiger charge is -2.06. The van der Waals surface area contributed by atoms with Gasteiger partial charge >= 0.3 is 0 Å². The molecule has 0 fully saturated rings. The number of hydrogen-bond donors (Lipinski definition) is 1. The van der Waals surface area contributed by atoms with E-state index in [0.717, 1.165) is 11.4 Å². The van der Waals surface area contributed by atoms with Gasteiger partial charge in [-0.25, -0.2) is 0 Å². The van der Waals surface area contributed by atoms with Crippen molar-refractivity contribution in [1.29, 1.82) is 0 Å². The monoisotopic (exact) mass is 294 g/mol. The molecule has 0 amide bonds. The molecule has 0 aliphatic carbocycles. The van der Waals surface area contributed by atoms with Crippen LogP contribution in [0, 0.1) is 0 Å². The average molecular weight is 294 g/mol. The van der Waals surface area contributed by atoms with E-state index in [-0.39, 0.29) is 11.4 Å². The van der Waals surface area contributed by atoms with Crippen LogP contribution < -0.4 is 15.6 Å². The van der Waals surface area contributed by atoms with Gasteiger partial charge in [-0.2, -0.15) is 4.98 Å². The number of nitrogens with zero attached hydrogens (tertiary/aromatic N) is 1. The highest BCUT2D eigenvalue weighted by molar-refractivity contribution is 5.75. The summed E-state index contributed by atoms with van der Waals surface area (Å²) in [7, 11) is 1.61. The Morgan fingerprint density at radius 2 is 1.91 bits per heavy atom. The molecule has 3 aromatic rings. The molecule has 0 aliphatic heterocycles. The van der Waals surface area contributed by atoms with E-state index in [2.05, 4.69) is 10.3 Å². The fourth-order valence-corrected chi connectivity index (χ4v) is 2.07. The first-order chi connectivity index (χ1) is 10.8. The van der Waals surface area contributed by atoms with E-state index in [1.54, 1.807) is 37.6 Å². The molecule has 0 unspecified atom stereocenters. The second kappa shape index (κ2) is 6.13. The molecule has 0 aliphatic rings. The Bertz CT molecular complexity index is 884. The van der Waals surface area contributed by atoms with E-state index in [4.69, 9.17) is 9.15 Å². The first-order valence-corrected chi connectivity index (χ1v) is 6.74. The highest BCUT2D eigenvalue weighted by Crippen LogP contribution is 2.23. The van der Waals surface area contributed by atoms with E-state index < -0.39 is 0 Å². The molecule has 22 heavy (non-hydrogen) atoms. The Balaban J connectivity index is 1.85. The van der Waals surface area contributed by atoms with Crippen LogP contribution in [0.5, 0.6) is 5.75 Å². The molecule has 110 valence electrons.